The fraction of sp³-hybridized carbons (Fsp3) is 0.0588. The van der Waals surface area contributed by atoms with Crippen LogP contribution >= 0.6 is 11.3 Å². The van der Waals surface area contributed by atoms with Crippen LogP contribution in [0.2, 0.25) is 0 Å². The topological polar surface area (TPSA) is 89.7 Å². The Bertz CT molecular complexity index is 906. The molecule has 25 heavy (non-hydrogen) atoms. The monoisotopic (exact) mass is 354 g/mol. The zero-order chi connectivity index (χ0) is 17.6. The number of anilines is 1. The molecule has 0 amide bonds. The van der Waals surface area contributed by atoms with E-state index in [1.165, 1.54) is 23.5 Å². The highest BCUT2D eigenvalue weighted by Crippen LogP contribution is 2.27. The van der Waals surface area contributed by atoms with Crippen LogP contribution in [-0.2, 0) is 0 Å². The highest BCUT2D eigenvalue weighted by atomic mass is 32.1. The van der Waals surface area contributed by atoms with Crippen LogP contribution in [0.1, 0.15) is 5.56 Å². The summed E-state index contributed by atoms with van der Waals surface area (Å²) >= 11 is 1.37. The summed E-state index contributed by atoms with van der Waals surface area (Å²) in [5.74, 6) is 0.784. The Morgan fingerprint density at radius 3 is 2.80 bits per heavy atom. The molecule has 0 aliphatic heterocycles. The largest absolute Gasteiger partial charge is 0.497 e. The van der Waals surface area contributed by atoms with Gasteiger partial charge in [-0.2, -0.15) is 5.10 Å². The SMILES string of the molecule is COc1ccc(C=NNc2nc(-c3cccc([N+](=O)[O-])c3)cs2)cc1. The Balaban J connectivity index is 1.68. The molecule has 0 fully saturated rings. The van der Waals surface area contributed by atoms with Crippen molar-refractivity contribution in [2.75, 3.05) is 12.5 Å². The normalized spacial score (nSPS) is 10.8. The Labute approximate surface area is 147 Å². The second-order valence-electron chi connectivity index (χ2n) is 4.99. The molecule has 1 N–H and O–H groups in total. The summed E-state index contributed by atoms with van der Waals surface area (Å²) in [6, 6.07) is 13.9. The molecular weight excluding hydrogens is 340 g/mol. The van der Waals surface area contributed by atoms with Gasteiger partial charge in [-0.3, -0.25) is 15.5 Å². The van der Waals surface area contributed by atoms with Crippen molar-refractivity contribution in [2.45, 2.75) is 0 Å². The molecule has 0 saturated carbocycles. The molecule has 2 aromatic carbocycles. The molecule has 0 aliphatic rings. The van der Waals surface area contributed by atoms with E-state index in [0.717, 1.165) is 11.3 Å². The van der Waals surface area contributed by atoms with Crippen molar-refractivity contribution in [1.29, 1.82) is 0 Å². The zero-order valence-corrected chi connectivity index (χ0v) is 14.1. The Hall–Kier alpha value is -3.26. The molecule has 126 valence electrons. The molecule has 7 nitrogen and oxygen atoms in total. The fourth-order valence-electron chi connectivity index (χ4n) is 2.09. The van der Waals surface area contributed by atoms with Gasteiger partial charge in [-0.15, -0.1) is 11.3 Å². The predicted octanol–water partition coefficient (Wildman–Crippen LogP) is 4.17. The Morgan fingerprint density at radius 2 is 2.08 bits per heavy atom. The van der Waals surface area contributed by atoms with Gasteiger partial charge in [0.15, 0.2) is 0 Å². The van der Waals surface area contributed by atoms with Gasteiger partial charge in [0.1, 0.15) is 5.75 Å². The summed E-state index contributed by atoms with van der Waals surface area (Å²) in [6.07, 6.45) is 1.67. The van der Waals surface area contributed by atoms with Gasteiger partial charge >= 0.3 is 0 Å². The van der Waals surface area contributed by atoms with E-state index in [2.05, 4.69) is 15.5 Å². The van der Waals surface area contributed by atoms with E-state index in [4.69, 9.17) is 4.74 Å². The molecule has 0 bridgehead atoms. The number of rotatable bonds is 6. The molecule has 0 radical (unpaired) electrons. The van der Waals surface area contributed by atoms with Crippen molar-refractivity contribution in [3.8, 4) is 17.0 Å². The van der Waals surface area contributed by atoms with Gasteiger partial charge in [-0.25, -0.2) is 4.98 Å². The minimum absolute atomic E-state index is 0.0394. The highest BCUT2D eigenvalue weighted by Gasteiger charge is 2.09. The van der Waals surface area contributed by atoms with E-state index in [-0.39, 0.29) is 5.69 Å². The molecule has 0 atom stereocenters. The minimum Gasteiger partial charge on any atom is -0.497 e. The minimum atomic E-state index is -0.422. The molecule has 0 spiro atoms. The van der Waals surface area contributed by atoms with Crippen molar-refractivity contribution in [1.82, 2.24) is 4.98 Å². The lowest BCUT2D eigenvalue weighted by Crippen LogP contribution is -1.91. The first kappa shape index (κ1) is 16.6. The van der Waals surface area contributed by atoms with Gasteiger partial charge in [-0.1, -0.05) is 12.1 Å². The summed E-state index contributed by atoms with van der Waals surface area (Å²) in [5, 5.41) is 17.4. The van der Waals surface area contributed by atoms with E-state index >= 15 is 0 Å². The van der Waals surface area contributed by atoms with Gasteiger partial charge in [0.2, 0.25) is 5.13 Å². The summed E-state index contributed by atoms with van der Waals surface area (Å²) in [5.41, 5.74) is 5.18. The van der Waals surface area contributed by atoms with Gasteiger partial charge in [0.25, 0.3) is 5.69 Å². The number of nitrogens with one attached hydrogen (secondary N) is 1. The first-order chi connectivity index (χ1) is 12.2. The third-order valence-corrected chi connectivity index (χ3v) is 4.09. The van der Waals surface area contributed by atoms with Crippen LogP contribution in [0.15, 0.2) is 59.0 Å². The lowest BCUT2D eigenvalue weighted by molar-refractivity contribution is -0.384. The second kappa shape index (κ2) is 7.54. The third kappa shape index (κ3) is 4.18. The molecular formula is C17H14N4O3S. The number of nitro groups is 1. The lowest BCUT2D eigenvalue weighted by atomic mass is 10.1. The van der Waals surface area contributed by atoms with E-state index < -0.39 is 4.92 Å². The van der Waals surface area contributed by atoms with Gasteiger partial charge in [-0.05, 0) is 29.8 Å². The van der Waals surface area contributed by atoms with Crippen LogP contribution in [0.4, 0.5) is 10.8 Å². The number of non-ortho nitro benzene ring substituents is 1. The van der Waals surface area contributed by atoms with Crippen molar-refractivity contribution < 1.29 is 9.66 Å². The number of ether oxygens (including phenoxy) is 1. The fourth-order valence-corrected chi connectivity index (χ4v) is 2.76. The maximum absolute atomic E-state index is 10.9. The molecule has 8 heteroatoms. The number of nitrogens with zero attached hydrogens (tertiary/aromatic N) is 3. The number of aromatic nitrogens is 1. The van der Waals surface area contributed by atoms with Crippen LogP contribution in [0.25, 0.3) is 11.3 Å². The number of thiazole rings is 1. The lowest BCUT2D eigenvalue weighted by Gasteiger charge is -1.99. The third-order valence-electron chi connectivity index (χ3n) is 3.35. The summed E-state index contributed by atoms with van der Waals surface area (Å²) < 4.78 is 5.10. The van der Waals surface area contributed by atoms with Gasteiger partial charge in [0, 0.05) is 23.1 Å². The quantitative estimate of drug-likeness (QED) is 0.407. The van der Waals surface area contributed by atoms with E-state index in [1.807, 2.05) is 29.6 Å². The maximum Gasteiger partial charge on any atom is 0.270 e. The smallest absolute Gasteiger partial charge is 0.270 e. The van der Waals surface area contributed by atoms with Crippen molar-refractivity contribution >= 4 is 28.4 Å². The van der Waals surface area contributed by atoms with E-state index in [1.54, 1.807) is 25.5 Å². The van der Waals surface area contributed by atoms with E-state index in [0.29, 0.717) is 16.4 Å². The maximum atomic E-state index is 10.9. The molecule has 1 aromatic heterocycles. The molecule has 0 aliphatic carbocycles. The Morgan fingerprint density at radius 1 is 1.28 bits per heavy atom. The molecule has 3 aromatic rings. The van der Waals surface area contributed by atoms with Crippen molar-refractivity contribution in [2.24, 2.45) is 5.10 Å². The van der Waals surface area contributed by atoms with E-state index in [9.17, 15) is 10.1 Å². The summed E-state index contributed by atoms with van der Waals surface area (Å²) in [4.78, 5) is 14.8. The zero-order valence-electron chi connectivity index (χ0n) is 13.2. The summed E-state index contributed by atoms with van der Waals surface area (Å²) in [7, 11) is 1.62. The Kier molecular flexibility index (Phi) is 5.00. The molecule has 1 heterocycles. The van der Waals surface area contributed by atoms with Gasteiger partial charge in [0.05, 0.1) is 23.9 Å². The average molecular weight is 354 g/mol. The number of benzene rings is 2. The second-order valence-corrected chi connectivity index (χ2v) is 5.85. The summed E-state index contributed by atoms with van der Waals surface area (Å²) in [6.45, 7) is 0. The van der Waals surface area contributed by atoms with Crippen molar-refractivity contribution in [3.05, 3.63) is 69.6 Å². The standard InChI is InChI=1S/C17H14N4O3S/c1-24-15-7-5-12(6-8-15)10-18-20-17-19-16(11-25-17)13-3-2-4-14(9-13)21(22)23/h2-11H,1H3,(H,19,20). The first-order valence-electron chi connectivity index (χ1n) is 7.29. The van der Waals surface area contributed by atoms with Crippen LogP contribution < -0.4 is 10.2 Å². The molecule has 0 saturated heterocycles. The van der Waals surface area contributed by atoms with Crippen LogP contribution in [0.3, 0.4) is 0 Å². The molecule has 3 rings (SSSR count). The van der Waals surface area contributed by atoms with Gasteiger partial charge < -0.3 is 4.74 Å². The number of nitro benzene ring substituents is 1. The number of hydrogen-bond acceptors (Lipinski definition) is 7. The predicted molar refractivity (Wildman–Crippen MR) is 98.4 cm³/mol. The first-order valence-corrected chi connectivity index (χ1v) is 8.17. The number of hydrazone groups is 1. The number of methoxy groups -OCH3 is 1. The van der Waals surface area contributed by atoms with Crippen molar-refractivity contribution in [3.63, 3.8) is 0 Å². The average Bonchev–Trinajstić information content (AvgIpc) is 3.11. The highest BCUT2D eigenvalue weighted by molar-refractivity contribution is 7.14. The van der Waals surface area contributed by atoms with Crippen LogP contribution in [-0.4, -0.2) is 23.2 Å². The van der Waals surface area contributed by atoms with Crippen LogP contribution in [0, 0.1) is 10.1 Å². The van der Waals surface area contributed by atoms with Crippen LogP contribution in [0.5, 0.6) is 5.75 Å². The number of hydrogen-bond donors (Lipinski definition) is 1. The molecule has 0 unspecified atom stereocenters.